The molecule has 1 aromatic carbocycles. The predicted octanol–water partition coefficient (Wildman–Crippen LogP) is 1.10. The van der Waals surface area contributed by atoms with Crippen LogP contribution in [0.5, 0.6) is 0 Å². The molecule has 0 aliphatic rings. The summed E-state index contributed by atoms with van der Waals surface area (Å²) in [5.74, 6) is -1.16. The number of furan rings is 1. The van der Waals surface area contributed by atoms with E-state index in [-0.39, 0.29) is 12.3 Å². The Kier molecular flexibility index (Phi) is 4.98. The summed E-state index contributed by atoms with van der Waals surface area (Å²) in [5.41, 5.74) is 2.60. The third-order valence-electron chi connectivity index (χ3n) is 3.38. The van der Waals surface area contributed by atoms with Gasteiger partial charge in [0.15, 0.2) is 0 Å². The van der Waals surface area contributed by atoms with Crippen molar-refractivity contribution in [2.45, 2.75) is 31.5 Å². The van der Waals surface area contributed by atoms with Crippen molar-refractivity contribution in [1.29, 1.82) is 0 Å². The first kappa shape index (κ1) is 15.9. The first-order valence-corrected chi connectivity index (χ1v) is 7.22. The Hall–Kier alpha value is -1.44. The molecule has 0 spiro atoms. The molecule has 1 heterocycles. The number of rotatable bonds is 5. The Morgan fingerprint density at radius 2 is 2.19 bits per heavy atom. The van der Waals surface area contributed by atoms with Gasteiger partial charge in [0.1, 0.15) is 5.58 Å². The van der Waals surface area contributed by atoms with Crippen LogP contribution in [0.15, 0.2) is 28.9 Å². The fraction of sp³-hybridized carbons (Fsp3) is 0.357. The van der Waals surface area contributed by atoms with Crippen molar-refractivity contribution in [2.24, 2.45) is 0 Å². The van der Waals surface area contributed by atoms with Gasteiger partial charge in [-0.2, -0.15) is 12.6 Å². The van der Waals surface area contributed by atoms with Gasteiger partial charge in [-0.3, -0.25) is 4.79 Å². The number of aryl methyl sites for hydroxylation is 1. The van der Waals surface area contributed by atoms with Crippen molar-refractivity contribution in [3.05, 3.63) is 35.6 Å². The minimum atomic E-state index is -1.66. The maximum absolute atomic E-state index is 11.7. The van der Waals surface area contributed by atoms with Crippen molar-refractivity contribution >= 4 is 36.6 Å². The summed E-state index contributed by atoms with van der Waals surface area (Å²) in [7, 11) is -1.66. The van der Waals surface area contributed by atoms with E-state index in [0.717, 1.165) is 22.1 Å². The van der Waals surface area contributed by atoms with Crippen molar-refractivity contribution in [3.8, 4) is 0 Å². The highest BCUT2D eigenvalue weighted by molar-refractivity contribution is 7.81. The van der Waals surface area contributed by atoms with E-state index in [2.05, 4.69) is 17.9 Å². The van der Waals surface area contributed by atoms with Crippen LogP contribution in [-0.4, -0.2) is 34.3 Å². The smallest absolute Gasteiger partial charge is 0.464 e. The lowest BCUT2D eigenvalue weighted by atomic mass is 9.76. The fourth-order valence-corrected chi connectivity index (χ4v) is 2.26. The molecule has 2 aromatic rings. The van der Waals surface area contributed by atoms with Gasteiger partial charge in [-0.15, -0.1) is 0 Å². The first-order valence-electron chi connectivity index (χ1n) is 6.70. The van der Waals surface area contributed by atoms with Crippen LogP contribution in [0.25, 0.3) is 11.0 Å². The number of hydrogen-bond acceptors (Lipinski definition) is 5. The van der Waals surface area contributed by atoms with Gasteiger partial charge in [-0.1, -0.05) is 18.2 Å². The van der Waals surface area contributed by atoms with Gasteiger partial charge >= 0.3 is 7.12 Å². The lowest BCUT2D eigenvalue weighted by Crippen LogP contribution is -2.49. The minimum absolute atomic E-state index is 0.264. The van der Waals surface area contributed by atoms with Crippen molar-refractivity contribution in [3.63, 3.8) is 0 Å². The largest absolute Gasteiger partial charge is 0.475 e. The summed E-state index contributed by atoms with van der Waals surface area (Å²) in [6.45, 7) is 3.56. The summed E-state index contributed by atoms with van der Waals surface area (Å²) >= 11 is 4.03. The second kappa shape index (κ2) is 6.55. The molecule has 0 fully saturated rings. The molecule has 0 saturated heterocycles. The Balaban J connectivity index is 2.23. The Morgan fingerprint density at radius 3 is 2.81 bits per heavy atom. The van der Waals surface area contributed by atoms with E-state index in [0.29, 0.717) is 0 Å². The first-order chi connectivity index (χ1) is 9.90. The van der Waals surface area contributed by atoms with Crippen molar-refractivity contribution in [1.82, 2.24) is 5.32 Å². The second-order valence-corrected chi connectivity index (χ2v) is 5.90. The monoisotopic (exact) mass is 307 g/mol. The van der Waals surface area contributed by atoms with Crippen LogP contribution in [-0.2, 0) is 11.2 Å². The average molecular weight is 307 g/mol. The van der Waals surface area contributed by atoms with Crippen LogP contribution in [0.4, 0.5) is 0 Å². The third-order valence-corrected chi connectivity index (χ3v) is 3.62. The molecular formula is C14H18BNO4S. The van der Waals surface area contributed by atoms with E-state index >= 15 is 0 Å². The Labute approximate surface area is 128 Å². The van der Waals surface area contributed by atoms with E-state index < -0.39 is 18.3 Å². The minimum Gasteiger partial charge on any atom is -0.464 e. The van der Waals surface area contributed by atoms with E-state index in [4.69, 9.17) is 4.42 Å². The van der Waals surface area contributed by atoms with Gasteiger partial charge < -0.3 is 19.8 Å². The maximum Gasteiger partial charge on any atom is 0.475 e. The molecule has 0 aliphatic carbocycles. The topological polar surface area (TPSA) is 82.7 Å². The number of benzene rings is 1. The van der Waals surface area contributed by atoms with Crippen LogP contribution in [0.2, 0.25) is 0 Å². The number of carbonyl (C=O) groups is 1. The van der Waals surface area contributed by atoms with E-state index in [1.54, 1.807) is 13.2 Å². The molecule has 0 saturated carbocycles. The summed E-state index contributed by atoms with van der Waals surface area (Å²) in [5, 5.41) is 21.9. The highest BCUT2D eigenvalue weighted by atomic mass is 32.1. The maximum atomic E-state index is 11.7. The van der Waals surface area contributed by atoms with Crippen LogP contribution in [0.3, 0.4) is 0 Å². The van der Waals surface area contributed by atoms with Crippen LogP contribution >= 0.6 is 12.6 Å². The molecule has 1 amide bonds. The van der Waals surface area contributed by atoms with E-state index in [9.17, 15) is 14.8 Å². The second-order valence-electron chi connectivity index (χ2n) is 5.12. The fourth-order valence-electron chi connectivity index (χ4n) is 2.18. The molecule has 112 valence electrons. The highest BCUT2D eigenvalue weighted by Gasteiger charge is 2.27. The molecule has 0 aliphatic heterocycles. The SMILES string of the molecule is Cc1cccc2c(CC(NC(=O)C(C)S)B(O)O)coc12. The van der Waals surface area contributed by atoms with Crippen molar-refractivity contribution < 1.29 is 19.3 Å². The zero-order chi connectivity index (χ0) is 15.6. The van der Waals surface area contributed by atoms with Gasteiger partial charge in [-0.25, -0.2) is 0 Å². The molecule has 2 unspecified atom stereocenters. The van der Waals surface area contributed by atoms with Gasteiger partial charge in [0.05, 0.1) is 17.5 Å². The lowest BCUT2D eigenvalue weighted by Gasteiger charge is -2.18. The molecule has 21 heavy (non-hydrogen) atoms. The molecule has 3 N–H and O–H groups in total. The summed E-state index contributed by atoms with van der Waals surface area (Å²) in [4.78, 5) is 11.7. The number of amides is 1. The molecule has 0 radical (unpaired) electrons. The van der Waals surface area contributed by atoms with Gasteiger partial charge in [0.2, 0.25) is 5.91 Å². The zero-order valence-corrected chi connectivity index (χ0v) is 12.8. The lowest BCUT2D eigenvalue weighted by molar-refractivity contribution is -0.120. The molecule has 2 rings (SSSR count). The number of fused-ring (bicyclic) bond motifs is 1. The quantitative estimate of drug-likeness (QED) is 0.492. The standard InChI is InChI=1S/C14H18BNO4S/c1-8-4-3-5-11-10(7-20-13(8)11)6-12(15(18)19)16-14(17)9(2)21/h3-5,7,9,12,18-19,21H,6H2,1-2H3,(H,16,17). The van der Waals surface area contributed by atoms with Gasteiger partial charge in [-0.05, 0) is 31.4 Å². The highest BCUT2D eigenvalue weighted by Crippen LogP contribution is 2.25. The van der Waals surface area contributed by atoms with Gasteiger partial charge in [0, 0.05) is 5.39 Å². The summed E-state index contributed by atoms with van der Waals surface area (Å²) in [6, 6.07) is 5.76. The third kappa shape index (κ3) is 3.61. The predicted molar refractivity (Wildman–Crippen MR) is 85.2 cm³/mol. The number of hydrogen-bond donors (Lipinski definition) is 4. The van der Waals surface area contributed by atoms with Gasteiger partial charge in [0.25, 0.3) is 0 Å². The molecule has 2 atom stereocenters. The number of thiol groups is 1. The molecular weight excluding hydrogens is 289 g/mol. The Bertz CT molecular complexity index is 641. The molecule has 0 bridgehead atoms. The molecule has 1 aromatic heterocycles. The average Bonchev–Trinajstić information content (AvgIpc) is 2.82. The van der Waals surface area contributed by atoms with Crippen LogP contribution in [0, 0.1) is 6.92 Å². The van der Waals surface area contributed by atoms with Crippen molar-refractivity contribution in [2.75, 3.05) is 0 Å². The normalized spacial score (nSPS) is 14.0. The summed E-state index contributed by atoms with van der Waals surface area (Å²) in [6.07, 6.45) is 1.85. The molecule has 7 heteroatoms. The Morgan fingerprint density at radius 1 is 1.48 bits per heavy atom. The van der Waals surface area contributed by atoms with Crippen LogP contribution in [0.1, 0.15) is 18.1 Å². The van der Waals surface area contributed by atoms with E-state index in [1.807, 2.05) is 25.1 Å². The van der Waals surface area contributed by atoms with Crippen LogP contribution < -0.4 is 5.32 Å². The number of para-hydroxylation sites is 1. The number of nitrogens with one attached hydrogen (secondary N) is 1. The van der Waals surface area contributed by atoms with E-state index in [1.165, 1.54) is 0 Å². The number of carbonyl (C=O) groups excluding carboxylic acids is 1. The zero-order valence-electron chi connectivity index (χ0n) is 11.9. The summed E-state index contributed by atoms with van der Waals surface area (Å²) < 4.78 is 5.52. The molecule has 5 nitrogen and oxygen atoms in total.